The zero-order chi connectivity index (χ0) is 15.4. The van der Waals surface area contributed by atoms with Crippen molar-refractivity contribution in [3.63, 3.8) is 0 Å². The summed E-state index contributed by atoms with van der Waals surface area (Å²) in [5.41, 5.74) is 3.25. The van der Waals surface area contributed by atoms with Crippen LogP contribution in [0.25, 0.3) is 0 Å². The first-order chi connectivity index (χ1) is 10.7. The molecule has 0 amide bonds. The molecule has 1 atom stereocenters. The van der Waals surface area contributed by atoms with E-state index in [9.17, 15) is 0 Å². The van der Waals surface area contributed by atoms with Crippen molar-refractivity contribution in [1.29, 1.82) is 0 Å². The lowest BCUT2D eigenvalue weighted by Gasteiger charge is -2.22. The molecule has 2 aromatic heterocycles. The molecule has 0 N–H and O–H groups in total. The quantitative estimate of drug-likeness (QED) is 0.849. The molecule has 22 heavy (non-hydrogen) atoms. The third-order valence-corrected chi connectivity index (χ3v) is 3.92. The maximum absolute atomic E-state index is 5.77. The summed E-state index contributed by atoms with van der Waals surface area (Å²) in [6.45, 7) is 6.44. The standard InChI is InChI=1S/C16H23N5O/c1-13-6-18-16(8-17-13)5-14-10-21(3-4-22-12-14)11-15-7-19-20(2)9-15/h6-9,14H,3-5,10-12H2,1-2H3/t14-/m0/s1. The van der Waals surface area contributed by atoms with Crippen molar-refractivity contribution in [3.8, 4) is 0 Å². The van der Waals surface area contributed by atoms with Crippen LogP contribution in [0.2, 0.25) is 0 Å². The first kappa shape index (κ1) is 15.1. The number of ether oxygens (including phenoxy) is 1. The van der Waals surface area contributed by atoms with E-state index in [4.69, 9.17) is 4.74 Å². The summed E-state index contributed by atoms with van der Waals surface area (Å²) in [6, 6.07) is 0. The average Bonchev–Trinajstić information content (AvgIpc) is 2.78. The molecule has 6 nitrogen and oxygen atoms in total. The summed E-state index contributed by atoms with van der Waals surface area (Å²) in [4.78, 5) is 11.2. The number of hydrogen-bond acceptors (Lipinski definition) is 5. The van der Waals surface area contributed by atoms with Gasteiger partial charge in [0.1, 0.15) is 0 Å². The van der Waals surface area contributed by atoms with E-state index >= 15 is 0 Å². The molecule has 118 valence electrons. The molecule has 0 unspecified atom stereocenters. The highest BCUT2D eigenvalue weighted by atomic mass is 16.5. The van der Waals surface area contributed by atoms with Crippen LogP contribution in [0, 0.1) is 12.8 Å². The van der Waals surface area contributed by atoms with Gasteiger partial charge in [-0.05, 0) is 13.3 Å². The van der Waals surface area contributed by atoms with Crippen molar-refractivity contribution >= 4 is 0 Å². The van der Waals surface area contributed by atoms with Crippen LogP contribution in [-0.4, -0.2) is 51.0 Å². The monoisotopic (exact) mass is 301 g/mol. The van der Waals surface area contributed by atoms with Crippen molar-refractivity contribution < 1.29 is 4.74 Å². The lowest BCUT2D eigenvalue weighted by molar-refractivity contribution is 0.121. The molecule has 0 aliphatic carbocycles. The van der Waals surface area contributed by atoms with E-state index in [0.29, 0.717) is 5.92 Å². The van der Waals surface area contributed by atoms with Crippen LogP contribution in [0.1, 0.15) is 17.0 Å². The molecular formula is C16H23N5O. The van der Waals surface area contributed by atoms with Gasteiger partial charge in [0, 0.05) is 56.8 Å². The molecule has 2 aromatic rings. The molecule has 1 saturated heterocycles. The van der Waals surface area contributed by atoms with Crippen LogP contribution in [0.5, 0.6) is 0 Å². The summed E-state index contributed by atoms with van der Waals surface area (Å²) >= 11 is 0. The minimum absolute atomic E-state index is 0.455. The van der Waals surface area contributed by atoms with Crippen LogP contribution in [0.3, 0.4) is 0 Å². The molecule has 0 bridgehead atoms. The SMILES string of the molecule is Cc1cnc(C[C@@H]2COCCN(Cc3cnn(C)c3)C2)cn1. The summed E-state index contributed by atoms with van der Waals surface area (Å²) < 4.78 is 7.62. The molecule has 1 aliphatic rings. The largest absolute Gasteiger partial charge is 0.380 e. The van der Waals surface area contributed by atoms with Gasteiger partial charge in [0.05, 0.1) is 30.8 Å². The van der Waals surface area contributed by atoms with E-state index in [1.54, 1.807) is 0 Å². The summed E-state index contributed by atoms with van der Waals surface area (Å²) in [7, 11) is 1.95. The maximum Gasteiger partial charge on any atom is 0.0593 e. The van der Waals surface area contributed by atoms with Crippen LogP contribution >= 0.6 is 0 Å². The zero-order valence-corrected chi connectivity index (χ0v) is 13.3. The van der Waals surface area contributed by atoms with Crippen LogP contribution in [0.15, 0.2) is 24.8 Å². The van der Waals surface area contributed by atoms with Crippen molar-refractivity contribution in [2.75, 3.05) is 26.3 Å². The van der Waals surface area contributed by atoms with E-state index in [1.165, 1.54) is 5.56 Å². The Labute approximate surface area is 131 Å². The predicted octanol–water partition coefficient (Wildman–Crippen LogP) is 1.21. The number of aromatic nitrogens is 4. The van der Waals surface area contributed by atoms with E-state index in [2.05, 4.69) is 26.2 Å². The minimum atomic E-state index is 0.455. The van der Waals surface area contributed by atoms with E-state index < -0.39 is 0 Å². The Hall–Kier alpha value is -1.79. The van der Waals surface area contributed by atoms with Gasteiger partial charge < -0.3 is 4.74 Å². The fraction of sp³-hybridized carbons (Fsp3) is 0.562. The lowest BCUT2D eigenvalue weighted by Crippen LogP contribution is -2.30. The molecule has 0 saturated carbocycles. The van der Waals surface area contributed by atoms with Gasteiger partial charge in [-0.1, -0.05) is 0 Å². The minimum Gasteiger partial charge on any atom is -0.380 e. The normalized spacial score (nSPS) is 20.0. The van der Waals surface area contributed by atoms with E-state index in [1.807, 2.05) is 37.2 Å². The Kier molecular flexibility index (Phi) is 4.80. The van der Waals surface area contributed by atoms with E-state index in [-0.39, 0.29) is 0 Å². The third-order valence-electron chi connectivity index (χ3n) is 3.92. The smallest absolute Gasteiger partial charge is 0.0593 e. The molecule has 6 heteroatoms. The first-order valence-corrected chi connectivity index (χ1v) is 7.74. The molecule has 0 radical (unpaired) electrons. The topological polar surface area (TPSA) is 56.1 Å². The third kappa shape index (κ3) is 4.11. The second kappa shape index (κ2) is 6.98. The second-order valence-corrected chi connectivity index (χ2v) is 6.05. The highest BCUT2D eigenvalue weighted by Gasteiger charge is 2.20. The molecule has 0 aromatic carbocycles. The Bertz CT molecular complexity index is 595. The summed E-state index contributed by atoms with van der Waals surface area (Å²) in [5.74, 6) is 0.455. The van der Waals surface area contributed by atoms with Gasteiger partial charge in [-0.2, -0.15) is 5.10 Å². The van der Waals surface area contributed by atoms with Crippen molar-refractivity contribution in [1.82, 2.24) is 24.6 Å². The number of nitrogens with zero attached hydrogens (tertiary/aromatic N) is 5. The summed E-state index contributed by atoms with van der Waals surface area (Å²) in [6.07, 6.45) is 8.64. The summed E-state index contributed by atoms with van der Waals surface area (Å²) in [5, 5.41) is 4.24. The van der Waals surface area contributed by atoms with Crippen molar-refractivity contribution in [2.45, 2.75) is 19.9 Å². The van der Waals surface area contributed by atoms with Gasteiger partial charge in [-0.3, -0.25) is 19.5 Å². The molecule has 1 fully saturated rings. The lowest BCUT2D eigenvalue weighted by atomic mass is 10.0. The number of hydrogen-bond donors (Lipinski definition) is 0. The Morgan fingerprint density at radius 1 is 1.27 bits per heavy atom. The van der Waals surface area contributed by atoms with Gasteiger partial charge in [0.25, 0.3) is 0 Å². The molecule has 0 spiro atoms. The number of rotatable bonds is 4. The Morgan fingerprint density at radius 2 is 2.18 bits per heavy atom. The predicted molar refractivity (Wildman–Crippen MR) is 83.3 cm³/mol. The fourth-order valence-corrected chi connectivity index (χ4v) is 2.85. The number of aryl methyl sites for hydroxylation is 2. The van der Waals surface area contributed by atoms with Crippen LogP contribution in [-0.2, 0) is 24.8 Å². The van der Waals surface area contributed by atoms with Gasteiger partial charge >= 0.3 is 0 Å². The molecule has 3 heterocycles. The Balaban J connectivity index is 1.60. The zero-order valence-electron chi connectivity index (χ0n) is 13.3. The first-order valence-electron chi connectivity index (χ1n) is 7.74. The average molecular weight is 301 g/mol. The van der Waals surface area contributed by atoms with Crippen molar-refractivity contribution in [2.24, 2.45) is 13.0 Å². The van der Waals surface area contributed by atoms with E-state index in [0.717, 1.165) is 50.7 Å². The van der Waals surface area contributed by atoms with Crippen LogP contribution in [0.4, 0.5) is 0 Å². The van der Waals surface area contributed by atoms with Gasteiger partial charge in [-0.15, -0.1) is 0 Å². The van der Waals surface area contributed by atoms with Crippen LogP contribution < -0.4 is 0 Å². The molecular weight excluding hydrogens is 278 g/mol. The molecule has 1 aliphatic heterocycles. The highest BCUT2D eigenvalue weighted by Crippen LogP contribution is 2.14. The van der Waals surface area contributed by atoms with Gasteiger partial charge in [-0.25, -0.2) is 0 Å². The second-order valence-electron chi connectivity index (χ2n) is 6.05. The Morgan fingerprint density at radius 3 is 2.91 bits per heavy atom. The van der Waals surface area contributed by atoms with Gasteiger partial charge in [0.15, 0.2) is 0 Å². The van der Waals surface area contributed by atoms with Crippen molar-refractivity contribution in [3.05, 3.63) is 41.7 Å². The maximum atomic E-state index is 5.77. The highest BCUT2D eigenvalue weighted by molar-refractivity contribution is 5.04. The molecule has 3 rings (SSSR count). The van der Waals surface area contributed by atoms with Gasteiger partial charge in [0.2, 0.25) is 0 Å². The fourth-order valence-electron chi connectivity index (χ4n) is 2.85.